The fourth-order valence-electron chi connectivity index (χ4n) is 2.07. The highest BCUT2D eigenvalue weighted by Gasteiger charge is 2.16. The van der Waals surface area contributed by atoms with Gasteiger partial charge < -0.3 is 10.3 Å². The third-order valence-corrected chi connectivity index (χ3v) is 4.23. The molecular weight excluding hydrogens is 310 g/mol. The van der Waals surface area contributed by atoms with Gasteiger partial charge in [-0.05, 0) is 18.9 Å². The maximum atomic E-state index is 12.2. The summed E-state index contributed by atoms with van der Waals surface area (Å²) >= 11 is 1.26. The van der Waals surface area contributed by atoms with Crippen molar-refractivity contribution < 1.29 is 4.79 Å². The van der Waals surface area contributed by atoms with Gasteiger partial charge >= 0.3 is 0 Å². The van der Waals surface area contributed by atoms with Crippen LogP contribution in [0.1, 0.15) is 31.5 Å². The van der Waals surface area contributed by atoms with Crippen LogP contribution >= 0.6 is 11.8 Å². The molecule has 2 rings (SSSR count). The SMILES string of the molecule is CCCc1cc(=O)[nH]c(S[C@H](C)C(=O)NCc2ccccc2)n1. The number of thioether (sulfide) groups is 1. The van der Waals surface area contributed by atoms with Gasteiger partial charge in [0.15, 0.2) is 5.16 Å². The smallest absolute Gasteiger partial charge is 0.251 e. The number of carbonyl (C=O) groups excluding carboxylic acids is 1. The largest absolute Gasteiger partial charge is 0.351 e. The molecule has 6 heteroatoms. The fraction of sp³-hybridized carbons (Fsp3) is 0.353. The predicted octanol–water partition coefficient (Wildman–Crippen LogP) is 2.52. The van der Waals surface area contributed by atoms with Crippen LogP contribution in [0.3, 0.4) is 0 Å². The molecule has 0 aliphatic carbocycles. The summed E-state index contributed by atoms with van der Waals surface area (Å²) in [4.78, 5) is 30.9. The van der Waals surface area contributed by atoms with Crippen molar-refractivity contribution in [3.8, 4) is 0 Å². The zero-order valence-electron chi connectivity index (χ0n) is 13.3. The molecular formula is C17H21N3O2S. The van der Waals surface area contributed by atoms with Crippen molar-refractivity contribution in [3.05, 3.63) is 58.0 Å². The van der Waals surface area contributed by atoms with Crippen LogP contribution in [0.25, 0.3) is 0 Å². The molecule has 0 aliphatic heterocycles. The predicted molar refractivity (Wildman–Crippen MR) is 92.5 cm³/mol. The number of benzene rings is 1. The van der Waals surface area contributed by atoms with E-state index in [1.807, 2.05) is 37.3 Å². The molecule has 0 spiro atoms. The van der Waals surface area contributed by atoms with E-state index < -0.39 is 0 Å². The summed E-state index contributed by atoms with van der Waals surface area (Å²) < 4.78 is 0. The van der Waals surface area contributed by atoms with Gasteiger partial charge in [-0.25, -0.2) is 4.98 Å². The Balaban J connectivity index is 1.94. The molecule has 1 aromatic carbocycles. The number of aryl methyl sites for hydroxylation is 1. The lowest BCUT2D eigenvalue weighted by Crippen LogP contribution is -2.30. The Labute approximate surface area is 139 Å². The number of amides is 1. The maximum Gasteiger partial charge on any atom is 0.251 e. The summed E-state index contributed by atoms with van der Waals surface area (Å²) in [5.41, 5.74) is 1.63. The van der Waals surface area contributed by atoms with Crippen molar-refractivity contribution in [2.24, 2.45) is 0 Å². The second kappa shape index (κ2) is 8.53. The minimum Gasteiger partial charge on any atom is -0.351 e. The highest BCUT2D eigenvalue weighted by Crippen LogP contribution is 2.18. The monoisotopic (exact) mass is 331 g/mol. The molecule has 1 heterocycles. The molecule has 5 nitrogen and oxygen atoms in total. The van der Waals surface area contributed by atoms with E-state index in [9.17, 15) is 9.59 Å². The lowest BCUT2D eigenvalue weighted by atomic mass is 10.2. The molecule has 0 unspecified atom stereocenters. The van der Waals surface area contributed by atoms with Crippen molar-refractivity contribution in [1.29, 1.82) is 0 Å². The van der Waals surface area contributed by atoms with Crippen molar-refractivity contribution in [2.75, 3.05) is 0 Å². The maximum absolute atomic E-state index is 12.2. The number of aromatic nitrogens is 2. The quantitative estimate of drug-likeness (QED) is 0.604. The van der Waals surface area contributed by atoms with E-state index in [-0.39, 0.29) is 16.7 Å². The van der Waals surface area contributed by atoms with Gasteiger partial charge in [-0.1, -0.05) is 55.4 Å². The van der Waals surface area contributed by atoms with Crippen LogP contribution in [0.15, 0.2) is 46.3 Å². The fourth-order valence-corrected chi connectivity index (χ4v) is 2.93. The van der Waals surface area contributed by atoms with E-state index in [0.717, 1.165) is 24.1 Å². The van der Waals surface area contributed by atoms with E-state index in [1.54, 1.807) is 6.92 Å². The van der Waals surface area contributed by atoms with Gasteiger partial charge in [0, 0.05) is 18.3 Å². The highest BCUT2D eigenvalue weighted by atomic mass is 32.2. The summed E-state index contributed by atoms with van der Waals surface area (Å²) in [5.74, 6) is -0.0811. The van der Waals surface area contributed by atoms with Gasteiger partial charge in [0.1, 0.15) is 0 Å². The third kappa shape index (κ3) is 5.56. The molecule has 0 bridgehead atoms. The summed E-state index contributed by atoms with van der Waals surface area (Å²) in [5, 5.41) is 3.05. The number of H-pyrrole nitrogens is 1. The molecule has 0 saturated carbocycles. The van der Waals surface area contributed by atoms with Crippen molar-refractivity contribution in [3.63, 3.8) is 0 Å². The lowest BCUT2D eigenvalue weighted by Gasteiger charge is -2.12. The Hall–Kier alpha value is -2.08. The lowest BCUT2D eigenvalue weighted by molar-refractivity contribution is -0.120. The average Bonchev–Trinajstić information content (AvgIpc) is 2.53. The van der Waals surface area contributed by atoms with Crippen LogP contribution in [0, 0.1) is 0 Å². The third-order valence-electron chi connectivity index (χ3n) is 3.25. The van der Waals surface area contributed by atoms with Crippen LogP contribution in [-0.4, -0.2) is 21.1 Å². The first-order valence-electron chi connectivity index (χ1n) is 7.67. The van der Waals surface area contributed by atoms with Gasteiger partial charge in [-0.15, -0.1) is 0 Å². The van der Waals surface area contributed by atoms with Crippen LogP contribution < -0.4 is 10.9 Å². The number of aromatic amines is 1. The van der Waals surface area contributed by atoms with Crippen LogP contribution in [-0.2, 0) is 17.8 Å². The first kappa shape index (κ1) is 17.3. The molecule has 0 fully saturated rings. The topological polar surface area (TPSA) is 74.8 Å². The standard InChI is InChI=1S/C17H21N3O2S/c1-3-7-14-10-15(21)20-17(19-14)23-12(2)16(22)18-11-13-8-5-4-6-9-13/h4-6,8-10,12H,3,7,11H2,1-2H3,(H,18,22)(H,19,20,21)/t12-/m1/s1. The van der Waals surface area contributed by atoms with Crippen LogP contribution in [0.5, 0.6) is 0 Å². The summed E-state index contributed by atoms with van der Waals surface area (Å²) in [6, 6.07) is 11.3. The molecule has 0 radical (unpaired) electrons. The summed E-state index contributed by atoms with van der Waals surface area (Å²) in [6.45, 7) is 4.33. The Morgan fingerprint density at radius 1 is 1.35 bits per heavy atom. The number of hydrogen-bond acceptors (Lipinski definition) is 4. The van der Waals surface area contributed by atoms with E-state index in [4.69, 9.17) is 0 Å². The highest BCUT2D eigenvalue weighted by molar-refractivity contribution is 8.00. The number of nitrogens with one attached hydrogen (secondary N) is 2. The summed E-state index contributed by atoms with van der Waals surface area (Å²) in [6.07, 6.45) is 1.68. The summed E-state index contributed by atoms with van der Waals surface area (Å²) in [7, 11) is 0. The normalized spacial score (nSPS) is 11.9. The second-order valence-corrected chi connectivity index (χ2v) is 6.58. The number of carbonyl (C=O) groups is 1. The number of hydrogen-bond donors (Lipinski definition) is 2. The molecule has 2 aromatic rings. The molecule has 2 N–H and O–H groups in total. The number of rotatable bonds is 7. The molecule has 1 amide bonds. The Morgan fingerprint density at radius 3 is 2.78 bits per heavy atom. The average molecular weight is 331 g/mol. The molecule has 1 aromatic heterocycles. The van der Waals surface area contributed by atoms with E-state index in [1.165, 1.54) is 17.8 Å². The Kier molecular flexibility index (Phi) is 6.40. The molecule has 23 heavy (non-hydrogen) atoms. The minimum atomic E-state index is -0.335. The Bertz CT molecular complexity index is 700. The van der Waals surface area contributed by atoms with E-state index in [2.05, 4.69) is 15.3 Å². The van der Waals surface area contributed by atoms with Gasteiger partial charge in [-0.3, -0.25) is 9.59 Å². The minimum absolute atomic E-state index is 0.0811. The first-order valence-corrected chi connectivity index (χ1v) is 8.55. The van der Waals surface area contributed by atoms with Gasteiger partial charge in [-0.2, -0.15) is 0 Å². The first-order chi connectivity index (χ1) is 11.1. The molecule has 0 saturated heterocycles. The number of nitrogens with zero attached hydrogens (tertiary/aromatic N) is 1. The van der Waals surface area contributed by atoms with Crippen molar-refractivity contribution >= 4 is 17.7 Å². The second-order valence-electron chi connectivity index (χ2n) is 5.26. The molecule has 0 aliphatic rings. The van der Waals surface area contributed by atoms with E-state index >= 15 is 0 Å². The van der Waals surface area contributed by atoms with Gasteiger partial charge in [0.05, 0.1) is 5.25 Å². The zero-order valence-corrected chi connectivity index (χ0v) is 14.2. The molecule has 1 atom stereocenters. The van der Waals surface area contributed by atoms with Gasteiger partial charge in [0.25, 0.3) is 5.56 Å². The van der Waals surface area contributed by atoms with Gasteiger partial charge in [0.2, 0.25) is 5.91 Å². The van der Waals surface area contributed by atoms with E-state index in [0.29, 0.717) is 11.7 Å². The van der Waals surface area contributed by atoms with Crippen LogP contribution in [0.2, 0.25) is 0 Å². The van der Waals surface area contributed by atoms with Crippen molar-refractivity contribution in [2.45, 2.75) is 43.6 Å². The van der Waals surface area contributed by atoms with Crippen LogP contribution in [0.4, 0.5) is 0 Å². The Morgan fingerprint density at radius 2 is 2.09 bits per heavy atom. The zero-order chi connectivity index (χ0) is 16.7. The van der Waals surface area contributed by atoms with Crippen molar-refractivity contribution in [1.82, 2.24) is 15.3 Å². The molecule has 122 valence electrons.